The number of hydrogen-bond donors (Lipinski definition) is 1. The summed E-state index contributed by atoms with van der Waals surface area (Å²) < 4.78 is 38.0. The maximum Gasteiger partial charge on any atom is 0.490 e. The molecule has 0 bridgehead atoms. The molecule has 240 valence electrons. The summed E-state index contributed by atoms with van der Waals surface area (Å²) in [5.74, 6) is -2.07. The Morgan fingerprint density at radius 1 is 1.05 bits per heavy atom. The standard InChI is InChI=1S/C29H44N4O3.C2HF3O2/c1-2-3-12-26-29(36-28(35)33(26)22-23-9-5-4-6-10-23)15-20-31(21-16-29)24-13-18-32(19-14-24)27(34)25-11-7-8-17-30-25;3-2(4,5)1(6)7/h7-8,11,17,23-24,26H,2-6,9-10,12-16,18-22H2,1H3;(H,6,7). The van der Waals surface area contributed by atoms with Gasteiger partial charge in [-0.1, -0.05) is 45.1 Å². The zero-order valence-electron chi connectivity index (χ0n) is 25.1. The second kappa shape index (κ2) is 14.7. The number of ether oxygens (including phenoxy) is 1. The molecule has 5 rings (SSSR count). The topological polar surface area (TPSA) is 103 Å². The number of aromatic nitrogens is 1. The number of hydrogen-bond acceptors (Lipinski definition) is 6. The predicted molar refractivity (Wildman–Crippen MR) is 153 cm³/mol. The van der Waals surface area contributed by atoms with Gasteiger partial charge in [-0.2, -0.15) is 13.2 Å². The van der Waals surface area contributed by atoms with Crippen molar-refractivity contribution >= 4 is 18.0 Å². The number of pyridine rings is 1. The number of unbranched alkanes of at least 4 members (excludes halogenated alkanes) is 1. The molecule has 4 heterocycles. The Bertz CT molecular complexity index is 1070. The largest absolute Gasteiger partial charge is 0.490 e. The molecule has 4 fully saturated rings. The number of halogens is 3. The van der Waals surface area contributed by atoms with Gasteiger partial charge in [0.1, 0.15) is 11.3 Å². The van der Waals surface area contributed by atoms with Gasteiger partial charge in [-0.25, -0.2) is 9.59 Å². The van der Waals surface area contributed by atoms with Crippen LogP contribution in [0.1, 0.15) is 94.5 Å². The van der Waals surface area contributed by atoms with Gasteiger partial charge in [0.15, 0.2) is 0 Å². The van der Waals surface area contributed by atoms with E-state index in [1.807, 2.05) is 17.0 Å². The van der Waals surface area contributed by atoms with Gasteiger partial charge in [0.2, 0.25) is 0 Å². The molecule has 43 heavy (non-hydrogen) atoms. The van der Waals surface area contributed by atoms with Gasteiger partial charge in [0.25, 0.3) is 5.91 Å². The number of carboxylic acid groups (broad SMARTS) is 1. The van der Waals surface area contributed by atoms with Gasteiger partial charge in [-0.3, -0.25) is 14.7 Å². The highest BCUT2D eigenvalue weighted by molar-refractivity contribution is 5.92. The zero-order valence-corrected chi connectivity index (χ0v) is 25.1. The summed E-state index contributed by atoms with van der Waals surface area (Å²) in [4.78, 5) is 45.7. The van der Waals surface area contributed by atoms with Crippen LogP contribution in [0.5, 0.6) is 0 Å². The number of carbonyl (C=O) groups is 3. The summed E-state index contributed by atoms with van der Waals surface area (Å²) in [6.45, 7) is 6.65. The minimum Gasteiger partial charge on any atom is -0.475 e. The van der Waals surface area contributed by atoms with Gasteiger partial charge in [-0.15, -0.1) is 0 Å². The van der Waals surface area contributed by atoms with Crippen molar-refractivity contribution in [3.63, 3.8) is 0 Å². The van der Waals surface area contributed by atoms with Crippen molar-refractivity contribution in [2.45, 2.75) is 108 Å². The van der Waals surface area contributed by atoms with E-state index in [-0.39, 0.29) is 23.6 Å². The number of alkyl halides is 3. The highest BCUT2D eigenvalue weighted by Gasteiger charge is 2.55. The molecule has 1 saturated carbocycles. The van der Waals surface area contributed by atoms with Crippen molar-refractivity contribution in [1.82, 2.24) is 19.7 Å². The van der Waals surface area contributed by atoms with Crippen LogP contribution >= 0.6 is 0 Å². The molecule has 1 aromatic rings. The molecule has 1 unspecified atom stereocenters. The third-order valence-corrected chi connectivity index (χ3v) is 9.56. The van der Waals surface area contributed by atoms with Crippen LogP contribution in [-0.2, 0) is 9.53 Å². The van der Waals surface area contributed by atoms with E-state index in [4.69, 9.17) is 14.6 Å². The first-order chi connectivity index (χ1) is 20.5. The van der Waals surface area contributed by atoms with E-state index in [0.29, 0.717) is 17.7 Å². The number of nitrogens with zero attached hydrogens (tertiary/aromatic N) is 4. The monoisotopic (exact) mass is 610 g/mol. The van der Waals surface area contributed by atoms with E-state index >= 15 is 0 Å². The van der Waals surface area contributed by atoms with Crippen molar-refractivity contribution in [1.29, 1.82) is 0 Å². The molecule has 0 aromatic carbocycles. The van der Waals surface area contributed by atoms with Crippen LogP contribution in [0.4, 0.5) is 18.0 Å². The van der Waals surface area contributed by atoms with Crippen molar-refractivity contribution in [2.24, 2.45) is 5.92 Å². The minimum atomic E-state index is -5.08. The molecule has 0 radical (unpaired) electrons. The molecule has 1 N–H and O–H groups in total. The summed E-state index contributed by atoms with van der Waals surface area (Å²) >= 11 is 0. The quantitative estimate of drug-likeness (QED) is 0.420. The molecule has 12 heteroatoms. The molecular formula is C31H45F3N4O5. The minimum absolute atomic E-state index is 0.0429. The van der Waals surface area contributed by atoms with Gasteiger partial charge < -0.3 is 19.6 Å². The summed E-state index contributed by atoms with van der Waals surface area (Å²) in [7, 11) is 0. The second-order valence-electron chi connectivity index (χ2n) is 12.3. The first-order valence-corrected chi connectivity index (χ1v) is 15.8. The van der Waals surface area contributed by atoms with Crippen LogP contribution < -0.4 is 0 Å². The Kier molecular flexibility index (Phi) is 11.3. The summed E-state index contributed by atoms with van der Waals surface area (Å²) in [5, 5.41) is 7.12. The lowest BCUT2D eigenvalue weighted by Crippen LogP contribution is -2.56. The Labute approximate surface area is 251 Å². The maximum atomic E-state index is 13.1. The summed E-state index contributed by atoms with van der Waals surface area (Å²) in [6, 6.07) is 6.24. The lowest BCUT2D eigenvalue weighted by atomic mass is 9.80. The lowest BCUT2D eigenvalue weighted by Gasteiger charge is -2.46. The van der Waals surface area contributed by atoms with Crippen LogP contribution in [-0.4, -0.2) is 99.3 Å². The molecule has 3 aliphatic heterocycles. The average molecular weight is 611 g/mol. The van der Waals surface area contributed by atoms with Crippen LogP contribution in [0, 0.1) is 5.92 Å². The van der Waals surface area contributed by atoms with Crippen molar-refractivity contribution in [2.75, 3.05) is 32.7 Å². The van der Waals surface area contributed by atoms with Gasteiger partial charge in [0, 0.05) is 57.8 Å². The number of aliphatic carboxylic acids is 1. The Morgan fingerprint density at radius 3 is 2.26 bits per heavy atom. The van der Waals surface area contributed by atoms with Crippen LogP contribution in [0.15, 0.2) is 24.4 Å². The molecule has 3 saturated heterocycles. The molecule has 4 aliphatic rings. The fourth-order valence-electron chi connectivity index (χ4n) is 7.17. The molecule has 1 aromatic heterocycles. The van der Waals surface area contributed by atoms with E-state index in [9.17, 15) is 22.8 Å². The highest BCUT2D eigenvalue weighted by Crippen LogP contribution is 2.43. The number of rotatable bonds is 7. The van der Waals surface area contributed by atoms with Crippen molar-refractivity contribution in [3.05, 3.63) is 30.1 Å². The molecular weight excluding hydrogens is 565 g/mol. The smallest absolute Gasteiger partial charge is 0.475 e. The number of amides is 2. The second-order valence-corrected chi connectivity index (χ2v) is 12.3. The van der Waals surface area contributed by atoms with E-state index in [1.54, 1.807) is 12.3 Å². The van der Waals surface area contributed by atoms with E-state index < -0.39 is 12.1 Å². The first kappa shape index (κ1) is 33.0. The van der Waals surface area contributed by atoms with Crippen LogP contribution in [0.25, 0.3) is 0 Å². The fourth-order valence-corrected chi connectivity index (χ4v) is 7.17. The molecule has 1 atom stereocenters. The lowest BCUT2D eigenvalue weighted by molar-refractivity contribution is -0.192. The Hall–Kier alpha value is -2.89. The average Bonchev–Trinajstić information content (AvgIpc) is 3.25. The zero-order chi connectivity index (χ0) is 31.0. The van der Waals surface area contributed by atoms with Gasteiger partial charge >= 0.3 is 18.2 Å². The molecule has 1 spiro atoms. The third kappa shape index (κ3) is 8.39. The Balaban J connectivity index is 0.000000541. The number of carbonyl (C=O) groups excluding carboxylic acids is 2. The fraction of sp³-hybridized carbons (Fsp3) is 0.742. The summed E-state index contributed by atoms with van der Waals surface area (Å²) in [6.07, 6.45) is 10.2. The van der Waals surface area contributed by atoms with Crippen LogP contribution in [0.3, 0.4) is 0 Å². The third-order valence-electron chi connectivity index (χ3n) is 9.56. The van der Waals surface area contributed by atoms with Crippen molar-refractivity contribution < 1.29 is 37.4 Å². The molecule has 9 nitrogen and oxygen atoms in total. The summed E-state index contributed by atoms with van der Waals surface area (Å²) in [5.41, 5.74) is 0.224. The van der Waals surface area contributed by atoms with Gasteiger partial charge in [-0.05, 0) is 50.2 Å². The first-order valence-electron chi connectivity index (χ1n) is 15.8. The molecule has 2 amide bonds. The number of likely N-dealkylation sites (tertiary alicyclic amines) is 2. The molecule has 1 aliphatic carbocycles. The highest BCUT2D eigenvalue weighted by atomic mass is 19.4. The van der Waals surface area contributed by atoms with E-state index in [0.717, 1.165) is 77.7 Å². The SMILES string of the molecule is CCCCC1N(CC2CCCCC2)C(=O)OC12CCN(C1CCN(C(=O)c3ccccn3)CC1)CC2.O=C(O)C(F)(F)F. The predicted octanol–water partition coefficient (Wildman–Crippen LogP) is 5.75. The van der Waals surface area contributed by atoms with Gasteiger partial charge in [0.05, 0.1) is 6.04 Å². The van der Waals surface area contributed by atoms with Crippen molar-refractivity contribution in [3.8, 4) is 0 Å². The maximum absolute atomic E-state index is 13.1. The van der Waals surface area contributed by atoms with E-state index in [1.165, 1.54) is 32.1 Å². The normalized spacial score (nSPS) is 23.5. The number of carboxylic acids is 1. The van der Waals surface area contributed by atoms with E-state index in [2.05, 4.69) is 21.7 Å². The van der Waals surface area contributed by atoms with Crippen LogP contribution in [0.2, 0.25) is 0 Å². The Morgan fingerprint density at radius 2 is 1.70 bits per heavy atom. The number of piperidine rings is 2.